The first-order valence-corrected chi connectivity index (χ1v) is 7.32. The zero-order valence-electron chi connectivity index (χ0n) is 12.6. The fourth-order valence-electron chi connectivity index (χ4n) is 3.27. The van der Waals surface area contributed by atoms with Crippen LogP contribution >= 0.6 is 0 Å². The Morgan fingerprint density at radius 2 is 2.00 bits per heavy atom. The molecule has 110 valence electrons. The van der Waals surface area contributed by atoms with Gasteiger partial charge in [0, 0.05) is 12.0 Å². The molecular formula is C17H24O3. The molecule has 0 aromatic heterocycles. The molecule has 1 heterocycles. The lowest BCUT2D eigenvalue weighted by Crippen LogP contribution is -2.46. The molecule has 0 spiro atoms. The lowest BCUT2D eigenvalue weighted by molar-refractivity contribution is -0.143. The van der Waals surface area contributed by atoms with E-state index < -0.39 is 5.97 Å². The molecule has 1 fully saturated rings. The van der Waals surface area contributed by atoms with Crippen molar-refractivity contribution in [2.24, 2.45) is 0 Å². The van der Waals surface area contributed by atoms with Gasteiger partial charge in [-0.25, -0.2) is 0 Å². The van der Waals surface area contributed by atoms with Gasteiger partial charge in [-0.3, -0.25) is 4.79 Å². The van der Waals surface area contributed by atoms with Crippen molar-refractivity contribution in [3.63, 3.8) is 0 Å². The lowest BCUT2D eigenvalue weighted by Gasteiger charge is -2.46. The molecule has 1 aliphatic rings. The summed E-state index contributed by atoms with van der Waals surface area (Å²) < 4.78 is 5.90. The maximum atomic E-state index is 11.4. The average Bonchev–Trinajstić information content (AvgIpc) is 2.38. The Morgan fingerprint density at radius 1 is 1.35 bits per heavy atom. The van der Waals surface area contributed by atoms with E-state index in [1.54, 1.807) is 0 Å². The summed E-state index contributed by atoms with van der Waals surface area (Å²) in [7, 11) is 0. The maximum absolute atomic E-state index is 11.4. The van der Waals surface area contributed by atoms with Gasteiger partial charge >= 0.3 is 5.97 Å². The predicted octanol–water partition coefficient (Wildman–Crippen LogP) is 3.69. The van der Waals surface area contributed by atoms with Gasteiger partial charge in [-0.2, -0.15) is 0 Å². The molecule has 0 amide bonds. The van der Waals surface area contributed by atoms with Crippen LogP contribution in [0.3, 0.4) is 0 Å². The molecule has 2 atom stereocenters. The summed E-state index contributed by atoms with van der Waals surface area (Å²) in [5, 5.41) is 9.35. The SMILES string of the molecule is CC[C@]1(C)C[C@@](CC(=O)O)(c2ccc(C)cc2)CCO1. The van der Waals surface area contributed by atoms with Crippen LogP contribution in [0, 0.1) is 6.92 Å². The largest absolute Gasteiger partial charge is 0.481 e. The summed E-state index contributed by atoms with van der Waals surface area (Å²) >= 11 is 0. The minimum absolute atomic E-state index is 0.176. The Labute approximate surface area is 121 Å². The van der Waals surface area contributed by atoms with Crippen LogP contribution in [0.15, 0.2) is 24.3 Å². The number of hydrogen-bond donors (Lipinski definition) is 1. The molecule has 1 aromatic rings. The van der Waals surface area contributed by atoms with Crippen LogP contribution in [0.2, 0.25) is 0 Å². The van der Waals surface area contributed by atoms with Crippen molar-refractivity contribution in [2.75, 3.05) is 6.61 Å². The van der Waals surface area contributed by atoms with Crippen LogP contribution in [0.4, 0.5) is 0 Å². The number of rotatable bonds is 4. The average molecular weight is 276 g/mol. The summed E-state index contributed by atoms with van der Waals surface area (Å²) in [6, 6.07) is 8.30. The molecule has 1 N–H and O–H groups in total. The third-order valence-corrected chi connectivity index (χ3v) is 4.64. The van der Waals surface area contributed by atoms with Crippen LogP contribution < -0.4 is 0 Å². The smallest absolute Gasteiger partial charge is 0.304 e. The van der Waals surface area contributed by atoms with Crippen LogP contribution in [0.1, 0.15) is 50.7 Å². The summed E-state index contributed by atoms with van der Waals surface area (Å²) in [6.45, 7) is 6.88. The highest BCUT2D eigenvalue weighted by molar-refractivity contribution is 5.69. The second kappa shape index (κ2) is 5.57. The van der Waals surface area contributed by atoms with E-state index in [0.29, 0.717) is 6.61 Å². The number of carbonyl (C=O) groups is 1. The summed E-state index contributed by atoms with van der Waals surface area (Å²) in [4.78, 5) is 11.4. The number of benzene rings is 1. The topological polar surface area (TPSA) is 46.5 Å². The monoisotopic (exact) mass is 276 g/mol. The van der Waals surface area contributed by atoms with Gasteiger partial charge in [-0.1, -0.05) is 36.8 Å². The Morgan fingerprint density at radius 3 is 2.55 bits per heavy atom. The van der Waals surface area contributed by atoms with Gasteiger partial charge in [-0.15, -0.1) is 0 Å². The van der Waals surface area contributed by atoms with E-state index >= 15 is 0 Å². The number of ether oxygens (including phenoxy) is 1. The number of hydrogen-bond acceptors (Lipinski definition) is 2. The normalized spacial score (nSPS) is 30.1. The van der Waals surface area contributed by atoms with Gasteiger partial charge < -0.3 is 9.84 Å². The number of aliphatic carboxylic acids is 1. The molecular weight excluding hydrogens is 252 g/mol. The molecule has 0 aliphatic carbocycles. The first-order valence-electron chi connectivity index (χ1n) is 7.32. The van der Waals surface area contributed by atoms with Crippen molar-refractivity contribution < 1.29 is 14.6 Å². The lowest BCUT2D eigenvalue weighted by atomic mass is 9.66. The highest BCUT2D eigenvalue weighted by Gasteiger charge is 2.44. The van der Waals surface area contributed by atoms with Crippen molar-refractivity contribution in [3.05, 3.63) is 35.4 Å². The molecule has 1 saturated heterocycles. The number of aryl methyl sites for hydroxylation is 1. The van der Waals surface area contributed by atoms with Gasteiger partial charge in [0.05, 0.1) is 12.0 Å². The zero-order valence-corrected chi connectivity index (χ0v) is 12.6. The summed E-state index contributed by atoms with van der Waals surface area (Å²) in [6.07, 6.45) is 2.62. The van der Waals surface area contributed by atoms with Gasteiger partial charge in [0.1, 0.15) is 0 Å². The molecule has 2 rings (SSSR count). The van der Waals surface area contributed by atoms with E-state index in [1.807, 2.05) is 6.92 Å². The van der Waals surface area contributed by atoms with Gasteiger partial charge in [0.25, 0.3) is 0 Å². The maximum Gasteiger partial charge on any atom is 0.304 e. The molecule has 3 heteroatoms. The van der Waals surface area contributed by atoms with E-state index in [4.69, 9.17) is 4.74 Å². The fraction of sp³-hybridized carbons (Fsp3) is 0.588. The molecule has 20 heavy (non-hydrogen) atoms. The van der Waals surface area contributed by atoms with Crippen LogP contribution in [0.5, 0.6) is 0 Å². The summed E-state index contributed by atoms with van der Waals surface area (Å²) in [5.74, 6) is -0.731. The van der Waals surface area contributed by atoms with Gasteiger partial charge in [-0.05, 0) is 38.7 Å². The van der Waals surface area contributed by atoms with Crippen LogP contribution in [0.25, 0.3) is 0 Å². The Balaban J connectivity index is 2.39. The second-order valence-electron chi connectivity index (χ2n) is 6.30. The molecule has 0 radical (unpaired) electrons. The second-order valence-corrected chi connectivity index (χ2v) is 6.30. The minimum Gasteiger partial charge on any atom is -0.481 e. The minimum atomic E-state index is -0.731. The van der Waals surface area contributed by atoms with E-state index in [0.717, 1.165) is 24.8 Å². The van der Waals surface area contributed by atoms with Gasteiger partial charge in [0.15, 0.2) is 0 Å². The van der Waals surface area contributed by atoms with Crippen molar-refractivity contribution in [1.29, 1.82) is 0 Å². The standard InChI is InChI=1S/C17H24O3/c1-4-16(3)12-17(9-10-20-16,11-15(18)19)14-7-5-13(2)6-8-14/h5-8H,4,9-12H2,1-3H3,(H,18,19)/t16-,17-/m1/s1. The summed E-state index contributed by atoms with van der Waals surface area (Å²) in [5.41, 5.74) is 1.80. The Kier molecular flexibility index (Phi) is 4.19. The van der Waals surface area contributed by atoms with Gasteiger partial charge in [0.2, 0.25) is 0 Å². The van der Waals surface area contributed by atoms with Crippen molar-refractivity contribution in [1.82, 2.24) is 0 Å². The Bertz CT molecular complexity index is 480. The molecule has 0 saturated carbocycles. The first kappa shape index (κ1) is 15.0. The van der Waals surface area contributed by atoms with Crippen molar-refractivity contribution in [2.45, 2.75) is 57.5 Å². The fourth-order valence-corrected chi connectivity index (χ4v) is 3.27. The first-order chi connectivity index (χ1) is 9.39. The highest BCUT2D eigenvalue weighted by Crippen LogP contribution is 2.45. The van der Waals surface area contributed by atoms with E-state index in [-0.39, 0.29) is 17.4 Å². The number of carboxylic acids is 1. The van der Waals surface area contributed by atoms with E-state index in [2.05, 4.69) is 38.1 Å². The molecule has 3 nitrogen and oxygen atoms in total. The van der Waals surface area contributed by atoms with Crippen molar-refractivity contribution >= 4 is 5.97 Å². The molecule has 1 aliphatic heterocycles. The molecule has 0 unspecified atom stereocenters. The van der Waals surface area contributed by atoms with E-state index in [9.17, 15) is 9.90 Å². The quantitative estimate of drug-likeness (QED) is 0.912. The highest BCUT2D eigenvalue weighted by atomic mass is 16.5. The molecule has 0 bridgehead atoms. The van der Waals surface area contributed by atoms with Crippen LogP contribution in [-0.2, 0) is 14.9 Å². The Hall–Kier alpha value is -1.35. The third-order valence-electron chi connectivity index (χ3n) is 4.64. The molecule has 1 aromatic carbocycles. The zero-order chi connectivity index (χ0) is 14.8. The van der Waals surface area contributed by atoms with E-state index in [1.165, 1.54) is 5.56 Å². The third kappa shape index (κ3) is 3.04. The van der Waals surface area contributed by atoms with Crippen LogP contribution in [-0.4, -0.2) is 23.3 Å². The predicted molar refractivity (Wildman–Crippen MR) is 79.0 cm³/mol. The van der Waals surface area contributed by atoms with Crippen molar-refractivity contribution in [3.8, 4) is 0 Å². The number of carboxylic acid groups (broad SMARTS) is 1.